The van der Waals surface area contributed by atoms with Gasteiger partial charge in [-0.25, -0.2) is 4.98 Å². The molecule has 1 saturated heterocycles. The van der Waals surface area contributed by atoms with Gasteiger partial charge in [0.05, 0.1) is 0 Å². The summed E-state index contributed by atoms with van der Waals surface area (Å²) in [5, 5.41) is 3.10. The van der Waals surface area contributed by atoms with Crippen molar-refractivity contribution in [2.24, 2.45) is 0 Å². The van der Waals surface area contributed by atoms with Crippen molar-refractivity contribution in [1.29, 1.82) is 0 Å². The summed E-state index contributed by atoms with van der Waals surface area (Å²) in [6.07, 6.45) is 2.48. The van der Waals surface area contributed by atoms with E-state index in [2.05, 4.69) is 25.3 Å². The predicted octanol–water partition coefficient (Wildman–Crippen LogP) is 1.93. The van der Waals surface area contributed by atoms with Crippen LogP contribution in [0.5, 0.6) is 0 Å². The SMILES string of the molecule is CCc1nc(Nc2cc(C(=O)Cc3ccccc3)ccn2)nc(N2CCN(S(=O)(=O)N(C)C)CC2)n1. The second-order valence-corrected chi connectivity index (χ2v) is 10.7. The molecule has 0 spiro atoms. The topological polar surface area (TPSA) is 125 Å². The Hall–Kier alpha value is -3.48. The normalized spacial score (nSPS) is 14.7. The van der Waals surface area contributed by atoms with Crippen LogP contribution in [0.4, 0.5) is 17.7 Å². The van der Waals surface area contributed by atoms with Crippen LogP contribution in [0.3, 0.4) is 0 Å². The van der Waals surface area contributed by atoms with Gasteiger partial charge in [0.15, 0.2) is 5.78 Å². The summed E-state index contributed by atoms with van der Waals surface area (Å²) in [7, 11) is -0.409. The summed E-state index contributed by atoms with van der Waals surface area (Å²) in [5.74, 6) is 1.84. The van der Waals surface area contributed by atoms with Crippen molar-refractivity contribution < 1.29 is 13.2 Å². The van der Waals surface area contributed by atoms with Gasteiger partial charge in [0.2, 0.25) is 11.9 Å². The van der Waals surface area contributed by atoms with E-state index in [1.807, 2.05) is 42.2 Å². The van der Waals surface area contributed by atoms with Crippen molar-refractivity contribution in [3.8, 4) is 0 Å². The molecule has 11 nitrogen and oxygen atoms in total. The fourth-order valence-electron chi connectivity index (χ4n) is 3.78. The molecule has 1 fully saturated rings. The number of ketones is 1. The minimum Gasteiger partial charge on any atom is -0.338 e. The molecule has 2 aromatic heterocycles. The number of carbonyl (C=O) groups is 1. The third-order valence-electron chi connectivity index (χ3n) is 5.82. The number of piperazine rings is 1. The highest BCUT2D eigenvalue weighted by Gasteiger charge is 2.29. The number of carbonyl (C=O) groups excluding carboxylic acids is 1. The predicted molar refractivity (Wildman–Crippen MR) is 138 cm³/mol. The highest BCUT2D eigenvalue weighted by molar-refractivity contribution is 7.86. The van der Waals surface area contributed by atoms with Crippen LogP contribution in [0, 0.1) is 0 Å². The standard InChI is InChI=1S/C24H30N8O3S/c1-4-21-26-23(29-24(28-21)31-12-14-32(15-13-31)36(34,35)30(2)3)27-22-17-19(10-11-25-22)20(33)16-18-8-6-5-7-9-18/h5-11,17H,4,12-16H2,1-3H3,(H,25,26,27,28,29). The van der Waals surface area contributed by atoms with E-state index in [9.17, 15) is 13.2 Å². The fourth-order valence-corrected chi connectivity index (χ4v) is 4.87. The molecule has 0 aliphatic carbocycles. The van der Waals surface area contributed by atoms with Gasteiger partial charge in [-0.15, -0.1) is 0 Å². The first kappa shape index (κ1) is 25.6. The van der Waals surface area contributed by atoms with Crippen molar-refractivity contribution in [2.45, 2.75) is 19.8 Å². The van der Waals surface area contributed by atoms with Gasteiger partial charge >= 0.3 is 0 Å². The lowest BCUT2D eigenvalue weighted by atomic mass is 10.0. The van der Waals surface area contributed by atoms with E-state index in [1.54, 1.807) is 18.3 Å². The molecule has 1 aliphatic heterocycles. The van der Waals surface area contributed by atoms with Crippen molar-refractivity contribution in [3.63, 3.8) is 0 Å². The third-order valence-corrected chi connectivity index (χ3v) is 7.77. The molecular weight excluding hydrogens is 480 g/mol. The second kappa shape index (κ2) is 11.1. The maximum absolute atomic E-state index is 12.8. The van der Waals surface area contributed by atoms with Crippen LogP contribution in [0.25, 0.3) is 0 Å². The second-order valence-electron chi connectivity index (χ2n) is 8.55. The van der Waals surface area contributed by atoms with Gasteiger partial charge in [0.1, 0.15) is 11.6 Å². The van der Waals surface area contributed by atoms with Crippen LogP contribution in [-0.4, -0.2) is 83.0 Å². The average Bonchev–Trinajstić information content (AvgIpc) is 2.89. The Bertz CT molecular complexity index is 1310. The molecule has 0 radical (unpaired) electrons. The molecule has 0 unspecified atom stereocenters. The van der Waals surface area contributed by atoms with Gasteiger partial charge in [0.25, 0.3) is 10.2 Å². The number of aryl methyl sites for hydroxylation is 1. The van der Waals surface area contributed by atoms with E-state index in [-0.39, 0.29) is 5.78 Å². The van der Waals surface area contributed by atoms with Crippen molar-refractivity contribution in [1.82, 2.24) is 28.5 Å². The molecule has 4 rings (SSSR count). The molecule has 3 aromatic rings. The lowest BCUT2D eigenvalue weighted by Crippen LogP contribution is -2.52. The Morgan fingerprint density at radius 3 is 2.42 bits per heavy atom. The number of pyridine rings is 1. The Morgan fingerprint density at radius 2 is 1.75 bits per heavy atom. The molecule has 0 bridgehead atoms. The van der Waals surface area contributed by atoms with Crippen LogP contribution in [-0.2, 0) is 23.1 Å². The molecule has 0 atom stereocenters. The monoisotopic (exact) mass is 510 g/mol. The van der Waals surface area contributed by atoms with Crippen LogP contribution in [0.1, 0.15) is 28.7 Å². The number of anilines is 3. The molecular formula is C24H30N8O3S. The summed E-state index contributed by atoms with van der Waals surface area (Å²) >= 11 is 0. The minimum atomic E-state index is -3.46. The number of rotatable bonds is 9. The van der Waals surface area contributed by atoms with Gasteiger partial charge in [-0.2, -0.15) is 32.0 Å². The molecule has 12 heteroatoms. The van der Waals surface area contributed by atoms with Crippen LogP contribution < -0.4 is 10.2 Å². The van der Waals surface area contributed by atoms with Gasteiger partial charge in [-0.1, -0.05) is 37.3 Å². The summed E-state index contributed by atoms with van der Waals surface area (Å²) in [6, 6.07) is 13.0. The number of nitrogens with zero attached hydrogens (tertiary/aromatic N) is 7. The summed E-state index contributed by atoms with van der Waals surface area (Å²) in [5.41, 5.74) is 1.49. The van der Waals surface area contributed by atoms with Crippen LogP contribution in [0.15, 0.2) is 48.7 Å². The number of hydrogen-bond acceptors (Lipinski definition) is 9. The molecule has 1 aliphatic rings. The molecule has 0 amide bonds. The highest BCUT2D eigenvalue weighted by Crippen LogP contribution is 2.19. The van der Waals surface area contributed by atoms with E-state index < -0.39 is 10.2 Å². The highest BCUT2D eigenvalue weighted by atomic mass is 32.2. The molecule has 3 heterocycles. The van der Waals surface area contributed by atoms with Crippen molar-refractivity contribution in [2.75, 3.05) is 50.5 Å². The first-order valence-electron chi connectivity index (χ1n) is 11.7. The van der Waals surface area contributed by atoms with Crippen molar-refractivity contribution in [3.05, 3.63) is 65.6 Å². The number of nitrogens with one attached hydrogen (secondary N) is 1. The first-order valence-corrected chi connectivity index (χ1v) is 13.1. The summed E-state index contributed by atoms with van der Waals surface area (Å²) < 4.78 is 27.5. The van der Waals surface area contributed by atoms with E-state index in [0.29, 0.717) is 68.1 Å². The maximum Gasteiger partial charge on any atom is 0.281 e. The van der Waals surface area contributed by atoms with E-state index >= 15 is 0 Å². The van der Waals surface area contributed by atoms with Gasteiger partial charge in [-0.3, -0.25) is 4.79 Å². The zero-order valence-corrected chi connectivity index (χ0v) is 21.4. The lowest BCUT2D eigenvalue weighted by molar-refractivity contribution is 0.0993. The Morgan fingerprint density at radius 1 is 1.03 bits per heavy atom. The lowest BCUT2D eigenvalue weighted by Gasteiger charge is -2.35. The number of benzene rings is 1. The van der Waals surface area contributed by atoms with Gasteiger partial charge < -0.3 is 10.2 Å². The molecule has 1 aromatic carbocycles. The van der Waals surface area contributed by atoms with Crippen LogP contribution in [0.2, 0.25) is 0 Å². The first-order chi connectivity index (χ1) is 17.3. The number of hydrogen-bond donors (Lipinski definition) is 1. The third kappa shape index (κ3) is 6.01. The Balaban J connectivity index is 1.48. The average molecular weight is 511 g/mol. The van der Waals surface area contributed by atoms with Crippen molar-refractivity contribution >= 4 is 33.7 Å². The fraction of sp³-hybridized carbons (Fsp3) is 0.375. The molecule has 36 heavy (non-hydrogen) atoms. The van der Waals surface area contributed by atoms with E-state index in [4.69, 9.17) is 0 Å². The minimum absolute atomic E-state index is 0.0113. The zero-order chi connectivity index (χ0) is 25.7. The number of Topliss-reactive ketones (excluding diaryl/α,β-unsaturated/α-hetero) is 1. The smallest absolute Gasteiger partial charge is 0.281 e. The van der Waals surface area contributed by atoms with Gasteiger partial charge in [0, 0.05) is 64.9 Å². The molecule has 190 valence electrons. The Labute approximate surface area is 211 Å². The summed E-state index contributed by atoms with van der Waals surface area (Å²) in [6.45, 7) is 3.54. The number of aromatic nitrogens is 4. The zero-order valence-electron chi connectivity index (χ0n) is 20.6. The van der Waals surface area contributed by atoms with E-state index in [0.717, 1.165) is 5.56 Å². The largest absolute Gasteiger partial charge is 0.338 e. The molecule has 1 N–H and O–H groups in total. The Kier molecular flexibility index (Phi) is 7.87. The molecule has 0 saturated carbocycles. The van der Waals surface area contributed by atoms with Gasteiger partial charge in [-0.05, 0) is 17.7 Å². The maximum atomic E-state index is 12.8. The quantitative estimate of drug-likeness (QED) is 0.430. The summed E-state index contributed by atoms with van der Waals surface area (Å²) in [4.78, 5) is 32.6. The van der Waals surface area contributed by atoms with Crippen LogP contribution >= 0.6 is 0 Å². The van der Waals surface area contributed by atoms with E-state index in [1.165, 1.54) is 22.7 Å².